The zero-order chi connectivity index (χ0) is 24.7. The van der Waals surface area contributed by atoms with Crippen molar-refractivity contribution in [2.24, 2.45) is 11.8 Å². The average Bonchev–Trinajstić information content (AvgIpc) is 2.91. The van der Waals surface area contributed by atoms with E-state index in [9.17, 15) is 4.79 Å². The molecule has 0 saturated carbocycles. The Kier molecular flexibility index (Phi) is 7.82. The van der Waals surface area contributed by atoms with Crippen molar-refractivity contribution in [1.29, 1.82) is 0 Å². The summed E-state index contributed by atoms with van der Waals surface area (Å²) in [4.78, 5) is 18.4. The van der Waals surface area contributed by atoms with Gasteiger partial charge in [-0.2, -0.15) is 9.78 Å². The van der Waals surface area contributed by atoms with Gasteiger partial charge in [0.05, 0.1) is 18.5 Å². The topological polar surface area (TPSA) is 50.6 Å². The van der Waals surface area contributed by atoms with Crippen LogP contribution >= 0.6 is 0 Å². The Balaban J connectivity index is 1.31. The number of hydrogen-bond acceptors (Lipinski definition) is 5. The fourth-order valence-corrected chi connectivity index (χ4v) is 5.35. The number of ether oxygens (including phenoxy) is 1. The first kappa shape index (κ1) is 24.3. The van der Waals surface area contributed by atoms with Crippen molar-refractivity contribution in [3.8, 4) is 11.4 Å². The van der Waals surface area contributed by atoms with Crippen molar-refractivity contribution in [3.05, 3.63) is 94.9 Å². The van der Waals surface area contributed by atoms with Crippen molar-refractivity contribution >= 4 is 5.69 Å². The third-order valence-electron chi connectivity index (χ3n) is 7.26. The number of piperazine rings is 1. The average molecular weight is 485 g/mol. The van der Waals surface area contributed by atoms with Crippen molar-refractivity contribution in [2.75, 3.05) is 44.2 Å². The number of hydrogen-bond donors (Lipinski definition) is 0. The minimum Gasteiger partial charge on any atom is -0.486 e. The maximum atomic E-state index is 13.6. The zero-order valence-electron chi connectivity index (χ0n) is 21.1. The lowest BCUT2D eigenvalue weighted by atomic mass is 9.87. The van der Waals surface area contributed by atoms with E-state index in [-0.39, 0.29) is 5.56 Å². The molecule has 0 bridgehead atoms. The molecule has 3 aromatic rings. The molecule has 6 heteroatoms. The Labute approximate surface area is 213 Å². The number of nitrogens with zero attached hydrogens (tertiary/aromatic N) is 4. The van der Waals surface area contributed by atoms with Crippen LogP contribution in [0.2, 0.25) is 0 Å². The molecule has 2 aromatic carbocycles. The van der Waals surface area contributed by atoms with E-state index in [1.165, 1.54) is 23.1 Å². The molecule has 0 radical (unpaired) electrons. The number of aromatic nitrogens is 2. The first-order valence-corrected chi connectivity index (χ1v) is 13.2. The Morgan fingerprint density at radius 1 is 0.972 bits per heavy atom. The monoisotopic (exact) mass is 484 g/mol. The molecule has 2 heterocycles. The number of allylic oxidation sites excluding steroid dienone is 2. The molecule has 1 aromatic heterocycles. The summed E-state index contributed by atoms with van der Waals surface area (Å²) in [5, 5.41) is 4.53. The van der Waals surface area contributed by atoms with Crippen LogP contribution in [-0.2, 0) is 6.42 Å². The van der Waals surface area contributed by atoms with Gasteiger partial charge in [0.2, 0.25) is 5.75 Å². The van der Waals surface area contributed by atoms with Gasteiger partial charge in [0, 0.05) is 39.1 Å². The van der Waals surface area contributed by atoms with Gasteiger partial charge >= 0.3 is 5.56 Å². The van der Waals surface area contributed by atoms with Gasteiger partial charge in [0.15, 0.2) is 0 Å². The van der Waals surface area contributed by atoms with Crippen LogP contribution in [0, 0.1) is 11.8 Å². The van der Waals surface area contributed by atoms with Crippen molar-refractivity contribution in [2.45, 2.75) is 26.2 Å². The fourth-order valence-electron chi connectivity index (χ4n) is 5.35. The van der Waals surface area contributed by atoms with Crippen LogP contribution in [0.1, 0.15) is 25.3 Å². The normalized spacial score (nSPS) is 20.4. The highest BCUT2D eigenvalue weighted by Gasteiger charge is 2.25. The maximum absolute atomic E-state index is 13.6. The number of rotatable bonds is 8. The van der Waals surface area contributed by atoms with Crippen LogP contribution in [0.5, 0.6) is 5.75 Å². The summed E-state index contributed by atoms with van der Waals surface area (Å²) in [6.45, 7) is 7.60. The van der Waals surface area contributed by atoms with Crippen LogP contribution in [-0.4, -0.2) is 54.0 Å². The number of anilines is 1. The molecule has 1 aliphatic carbocycles. The SMILES string of the molecule is CC1C=CCC(CN2CCN(c3cnn(-c4ccccc4)c(=O)c3OCCc3ccccc3)CC2)C1. The first-order chi connectivity index (χ1) is 17.7. The van der Waals surface area contributed by atoms with E-state index in [0.717, 1.165) is 56.4 Å². The molecule has 188 valence electrons. The van der Waals surface area contributed by atoms with Gasteiger partial charge in [0.25, 0.3) is 0 Å². The molecule has 1 saturated heterocycles. The van der Waals surface area contributed by atoms with Crippen molar-refractivity contribution < 1.29 is 4.74 Å². The Bertz CT molecular complexity index is 1200. The summed E-state index contributed by atoms with van der Waals surface area (Å²) >= 11 is 0. The molecule has 1 aliphatic heterocycles. The molecule has 5 rings (SSSR count). The van der Waals surface area contributed by atoms with Crippen LogP contribution in [0.4, 0.5) is 5.69 Å². The quantitative estimate of drug-likeness (QED) is 0.438. The molecule has 2 aliphatic rings. The smallest absolute Gasteiger partial charge is 0.316 e. The maximum Gasteiger partial charge on any atom is 0.316 e. The van der Waals surface area contributed by atoms with E-state index in [0.29, 0.717) is 18.3 Å². The van der Waals surface area contributed by atoms with Gasteiger partial charge in [-0.05, 0) is 42.4 Å². The summed E-state index contributed by atoms with van der Waals surface area (Å²) < 4.78 is 7.65. The molecule has 2 unspecified atom stereocenters. The lowest BCUT2D eigenvalue weighted by Gasteiger charge is -2.38. The van der Waals surface area contributed by atoms with E-state index in [4.69, 9.17) is 4.74 Å². The summed E-state index contributed by atoms with van der Waals surface area (Å²) in [5.74, 6) is 1.82. The molecule has 2 atom stereocenters. The standard InChI is InChI=1S/C30H36N4O2/c1-24-9-8-12-26(21-24)23-32-16-18-33(19-17-32)28-22-31-34(27-13-6-3-7-14-27)30(35)29(28)36-20-15-25-10-4-2-5-11-25/h2-11,13-14,22,24,26H,12,15-21,23H2,1H3. The highest BCUT2D eigenvalue weighted by atomic mass is 16.5. The van der Waals surface area contributed by atoms with Gasteiger partial charge in [0.1, 0.15) is 5.69 Å². The van der Waals surface area contributed by atoms with E-state index in [1.54, 1.807) is 6.20 Å². The van der Waals surface area contributed by atoms with Crippen LogP contribution in [0.25, 0.3) is 5.69 Å². The van der Waals surface area contributed by atoms with Crippen molar-refractivity contribution in [1.82, 2.24) is 14.7 Å². The lowest BCUT2D eigenvalue weighted by molar-refractivity contribution is 0.203. The molecule has 0 spiro atoms. The van der Waals surface area contributed by atoms with E-state index < -0.39 is 0 Å². The molecule has 0 amide bonds. The van der Waals surface area contributed by atoms with Gasteiger partial charge < -0.3 is 9.64 Å². The van der Waals surface area contributed by atoms with E-state index >= 15 is 0 Å². The minimum absolute atomic E-state index is 0.211. The molecule has 1 fully saturated rings. The predicted molar refractivity (Wildman–Crippen MR) is 145 cm³/mol. The second-order valence-corrected chi connectivity index (χ2v) is 10.0. The fraction of sp³-hybridized carbons (Fsp3) is 0.400. The van der Waals surface area contributed by atoms with Crippen LogP contribution in [0.15, 0.2) is 83.8 Å². The van der Waals surface area contributed by atoms with Crippen LogP contribution in [0.3, 0.4) is 0 Å². The van der Waals surface area contributed by atoms with E-state index in [2.05, 4.69) is 46.1 Å². The molecule has 6 nitrogen and oxygen atoms in total. The third-order valence-corrected chi connectivity index (χ3v) is 7.26. The van der Waals surface area contributed by atoms with Gasteiger partial charge in [-0.3, -0.25) is 9.69 Å². The first-order valence-electron chi connectivity index (χ1n) is 13.2. The lowest BCUT2D eigenvalue weighted by Crippen LogP contribution is -2.48. The number of benzene rings is 2. The highest BCUT2D eigenvalue weighted by molar-refractivity contribution is 5.57. The Morgan fingerprint density at radius 3 is 2.42 bits per heavy atom. The van der Waals surface area contributed by atoms with Crippen molar-refractivity contribution in [3.63, 3.8) is 0 Å². The largest absolute Gasteiger partial charge is 0.486 e. The molecular formula is C30H36N4O2. The molecule has 36 heavy (non-hydrogen) atoms. The Morgan fingerprint density at radius 2 is 1.69 bits per heavy atom. The van der Waals surface area contributed by atoms with E-state index in [1.807, 2.05) is 48.5 Å². The molecule has 0 N–H and O–H groups in total. The summed E-state index contributed by atoms with van der Waals surface area (Å²) in [6.07, 6.45) is 9.70. The predicted octanol–water partition coefficient (Wildman–Crippen LogP) is 4.58. The zero-order valence-corrected chi connectivity index (χ0v) is 21.1. The summed E-state index contributed by atoms with van der Waals surface area (Å²) in [5.41, 5.74) is 2.52. The second-order valence-electron chi connectivity index (χ2n) is 10.0. The van der Waals surface area contributed by atoms with Gasteiger partial charge in [-0.15, -0.1) is 0 Å². The minimum atomic E-state index is -0.211. The summed E-state index contributed by atoms with van der Waals surface area (Å²) in [6, 6.07) is 19.8. The summed E-state index contributed by atoms with van der Waals surface area (Å²) in [7, 11) is 0. The number of para-hydroxylation sites is 1. The second kappa shape index (κ2) is 11.6. The van der Waals surface area contributed by atoms with Gasteiger partial charge in [-0.1, -0.05) is 67.6 Å². The molecular weight excluding hydrogens is 448 g/mol. The highest BCUT2D eigenvalue weighted by Crippen LogP contribution is 2.28. The third kappa shape index (κ3) is 5.88. The Hall–Kier alpha value is -3.38. The van der Waals surface area contributed by atoms with Crippen LogP contribution < -0.4 is 15.2 Å². The van der Waals surface area contributed by atoms with Gasteiger partial charge in [-0.25, -0.2) is 0 Å².